The predicted molar refractivity (Wildman–Crippen MR) is 76.9 cm³/mol. The number of rotatable bonds is 7. The van der Waals surface area contributed by atoms with Gasteiger partial charge in [-0.1, -0.05) is 22.0 Å². The van der Waals surface area contributed by atoms with E-state index in [4.69, 9.17) is 4.74 Å². The molecule has 100 valence electrons. The molecule has 18 heavy (non-hydrogen) atoms. The molecule has 0 saturated heterocycles. The monoisotopic (exact) mass is 314 g/mol. The van der Waals surface area contributed by atoms with Crippen LogP contribution in [0.1, 0.15) is 12.0 Å². The van der Waals surface area contributed by atoms with E-state index >= 15 is 0 Å². The zero-order chi connectivity index (χ0) is 13.4. The van der Waals surface area contributed by atoms with Crippen LogP contribution in [0.3, 0.4) is 0 Å². The number of anilines is 1. The number of aryl methyl sites for hydroxylation is 1. The molecule has 0 spiro atoms. The summed E-state index contributed by atoms with van der Waals surface area (Å²) >= 11 is 3.41. The number of amides is 1. The summed E-state index contributed by atoms with van der Waals surface area (Å²) in [4.78, 5) is 11.5. The lowest BCUT2D eigenvalue weighted by atomic mass is 10.2. The largest absolute Gasteiger partial charge is 0.385 e. The first-order valence-corrected chi connectivity index (χ1v) is 6.68. The van der Waals surface area contributed by atoms with Crippen LogP contribution in [0.4, 0.5) is 5.69 Å². The first-order chi connectivity index (χ1) is 8.63. The molecular formula is C13H19BrN2O2. The summed E-state index contributed by atoms with van der Waals surface area (Å²) in [6, 6.07) is 5.95. The fourth-order valence-corrected chi connectivity index (χ4v) is 1.83. The van der Waals surface area contributed by atoms with E-state index in [1.807, 2.05) is 25.1 Å². The molecule has 1 amide bonds. The molecule has 0 aromatic heterocycles. The lowest BCUT2D eigenvalue weighted by molar-refractivity contribution is -0.119. The molecule has 0 aliphatic rings. The van der Waals surface area contributed by atoms with E-state index in [0.717, 1.165) is 22.1 Å². The Labute approximate surface area is 116 Å². The summed E-state index contributed by atoms with van der Waals surface area (Å²) in [5, 5.41) is 5.95. The van der Waals surface area contributed by atoms with Crippen LogP contribution in [-0.2, 0) is 9.53 Å². The van der Waals surface area contributed by atoms with Crippen molar-refractivity contribution in [3.63, 3.8) is 0 Å². The minimum atomic E-state index is -0.00882. The Kier molecular flexibility index (Phi) is 6.75. The highest BCUT2D eigenvalue weighted by atomic mass is 79.9. The summed E-state index contributed by atoms with van der Waals surface area (Å²) in [7, 11) is 1.65. The van der Waals surface area contributed by atoms with Crippen LogP contribution in [0.25, 0.3) is 0 Å². The Hall–Kier alpha value is -1.07. The lowest BCUT2D eigenvalue weighted by Crippen LogP contribution is -2.31. The number of benzene rings is 1. The van der Waals surface area contributed by atoms with Crippen LogP contribution >= 0.6 is 15.9 Å². The Balaban J connectivity index is 2.31. The van der Waals surface area contributed by atoms with Crippen molar-refractivity contribution < 1.29 is 9.53 Å². The van der Waals surface area contributed by atoms with Crippen molar-refractivity contribution >= 4 is 27.5 Å². The maximum Gasteiger partial charge on any atom is 0.239 e. The van der Waals surface area contributed by atoms with Gasteiger partial charge in [0.15, 0.2) is 0 Å². The number of methoxy groups -OCH3 is 1. The third kappa shape index (κ3) is 5.51. The molecule has 1 aromatic rings. The quantitative estimate of drug-likeness (QED) is 0.759. The number of hydrogen-bond acceptors (Lipinski definition) is 3. The summed E-state index contributed by atoms with van der Waals surface area (Å²) < 4.78 is 5.91. The van der Waals surface area contributed by atoms with Gasteiger partial charge in [0.1, 0.15) is 0 Å². The number of halogens is 1. The van der Waals surface area contributed by atoms with Crippen LogP contribution in [-0.4, -0.2) is 32.7 Å². The maximum absolute atomic E-state index is 11.5. The van der Waals surface area contributed by atoms with Crippen molar-refractivity contribution in [1.82, 2.24) is 5.32 Å². The number of ether oxygens (including phenoxy) is 1. The second kappa shape index (κ2) is 8.11. The van der Waals surface area contributed by atoms with E-state index in [1.54, 1.807) is 7.11 Å². The third-order valence-electron chi connectivity index (χ3n) is 2.49. The standard InChI is InChI=1S/C13H19BrN2O2/c1-10-4-5-11(14)8-12(10)16-9-13(17)15-6-3-7-18-2/h4-5,8,16H,3,6-7,9H2,1-2H3,(H,15,17). The van der Waals surface area contributed by atoms with Gasteiger partial charge < -0.3 is 15.4 Å². The summed E-state index contributed by atoms with van der Waals surface area (Å²) in [5.41, 5.74) is 2.08. The van der Waals surface area contributed by atoms with Gasteiger partial charge in [-0.2, -0.15) is 0 Å². The Morgan fingerprint density at radius 1 is 1.44 bits per heavy atom. The normalized spacial score (nSPS) is 10.2. The number of carbonyl (C=O) groups excluding carboxylic acids is 1. The van der Waals surface area contributed by atoms with E-state index in [2.05, 4.69) is 26.6 Å². The topological polar surface area (TPSA) is 50.4 Å². The van der Waals surface area contributed by atoms with Crippen molar-refractivity contribution in [3.8, 4) is 0 Å². The van der Waals surface area contributed by atoms with Crippen molar-refractivity contribution in [2.24, 2.45) is 0 Å². The van der Waals surface area contributed by atoms with Crippen LogP contribution in [0.2, 0.25) is 0 Å². The van der Waals surface area contributed by atoms with Crippen LogP contribution in [0, 0.1) is 6.92 Å². The molecule has 0 aliphatic heterocycles. The number of hydrogen-bond donors (Lipinski definition) is 2. The fraction of sp³-hybridized carbons (Fsp3) is 0.462. The van der Waals surface area contributed by atoms with E-state index in [-0.39, 0.29) is 12.5 Å². The molecule has 0 unspecified atom stereocenters. The molecule has 1 rings (SSSR count). The molecule has 0 bridgehead atoms. The van der Waals surface area contributed by atoms with E-state index < -0.39 is 0 Å². The van der Waals surface area contributed by atoms with E-state index in [0.29, 0.717) is 13.2 Å². The van der Waals surface area contributed by atoms with Crippen molar-refractivity contribution in [2.45, 2.75) is 13.3 Å². The number of carbonyl (C=O) groups is 1. The van der Waals surface area contributed by atoms with Crippen LogP contribution in [0.15, 0.2) is 22.7 Å². The fourth-order valence-electron chi connectivity index (χ4n) is 1.47. The second-order valence-electron chi connectivity index (χ2n) is 4.01. The summed E-state index contributed by atoms with van der Waals surface area (Å²) in [6.45, 7) is 3.60. The molecule has 4 nitrogen and oxygen atoms in total. The van der Waals surface area contributed by atoms with Gasteiger partial charge in [-0.15, -0.1) is 0 Å². The first-order valence-electron chi connectivity index (χ1n) is 5.89. The molecule has 2 N–H and O–H groups in total. The van der Waals surface area contributed by atoms with Gasteiger partial charge in [-0.05, 0) is 31.0 Å². The van der Waals surface area contributed by atoms with Gasteiger partial charge in [0.2, 0.25) is 5.91 Å². The maximum atomic E-state index is 11.5. The van der Waals surface area contributed by atoms with Crippen molar-refractivity contribution in [1.29, 1.82) is 0 Å². The molecule has 0 saturated carbocycles. The van der Waals surface area contributed by atoms with Crippen molar-refractivity contribution in [3.05, 3.63) is 28.2 Å². The van der Waals surface area contributed by atoms with Gasteiger partial charge in [-0.25, -0.2) is 0 Å². The second-order valence-corrected chi connectivity index (χ2v) is 4.92. The molecule has 5 heteroatoms. The van der Waals surface area contributed by atoms with Gasteiger partial charge in [0, 0.05) is 30.4 Å². The van der Waals surface area contributed by atoms with Crippen LogP contribution in [0.5, 0.6) is 0 Å². The van der Waals surface area contributed by atoms with Gasteiger partial charge in [0.05, 0.1) is 6.54 Å². The Bertz CT molecular complexity index is 397. The first kappa shape index (κ1) is 15.0. The zero-order valence-corrected chi connectivity index (χ0v) is 12.3. The highest BCUT2D eigenvalue weighted by molar-refractivity contribution is 9.10. The average Bonchev–Trinajstić information content (AvgIpc) is 2.36. The number of nitrogens with one attached hydrogen (secondary N) is 2. The van der Waals surface area contributed by atoms with Crippen LogP contribution < -0.4 is 10.6 Å². The zero-order valence-electron chi connectivity index (χ0n) is 10.8. The average molecular weight is 315 g/mol. The predicted octanol–water partition coefficient (Wildman–Crippen LogP) is 2.32. The van der Waals surface area contributed by atoms with Gasteiger partial charge >= 0.3 is 0 Å². The molecule has 0 aliphatic carbocycles. The van der Waals surface area contributed by atoms with Crippen molar-refractivity contribution in [2.75, 3.05) is 32.1 Å². The van der Waals surface area contributed by atoms with E-state index in [9.17, 15) is 4.79 Å². The molecule has 0 heterocycles. The molecule has 0 radical (unpaired) electrons. The third-order valence-corrected chi connectivity index (χ3v) is 2.98. The lowest BCUT2D eigenvalue weighted by Gasteiger charge is -2.10. The SMILES string of the molecule is COCCCNC(=O)CNc1cc(Br)ccc1C. The highest BCUT2D eigenvalue weighted by Gasteiger charge is 2.03. The summed E-state index contributed by atoms with van der Waals surface area (Å²) in [5.74, 6) is -0.00882. The minimum Gasteiger partial charge on any atom is -0.385 e. The molecular weight excluding hydrogens is 296 g/mol. The Morgan fingerprint density at radius 2 is 2.22 bits per heavy atom. The highest BCUT2D eigenvalue weighted by Crippen LogP contribution is 2.20. The Morgan fingerprint density at radius 3 is 2.94 bits per heavy atom. The molecule has 0 fully saturated rings. The van der Waals surface area contributed by atoms with Gasteiger partial charge in [0.25, 0.3) is 0 Å². The molecule has 1 aromatic carbocycles. The summed E-state index contributed by atoms with van der Waals surface area (Å²) in [6.07, 6.45) is 0.832. The van der Waals surface area contributed by atoms with E-state index in [1.165, 1.54) is 0 Å². The minimum absolute atomic E-state index is 0.00882. The van der Waals surface area contributed by atoms with Gasteiger partial charge in [-0.3, -0.25) is 4.79 Å². The smallest absolute Gasteiger partial charge is 0.239 e. The molecule has 0 atom stereocenters.